The molecule has 0 saturated carbocycles. The van der Waals surface area contributed by atoms with Crippen LogP contribution >= 0.6 is 0 Å². The van der Waals surface area contributed by atoms with Crippen molar-refractivity contribution in [2.24, 2.45) is 0 Å². The number of ether oxygens (including phenoxy) is 1. The lowest BCUT2D eigenvalue weighted by Gasteiger charge is -2.35. The first-order valence-electron chi connectivity index (χ1n) is 42.2. The summed E-state index contributed by atoms with van der Waals surface area (Å²) in [6.45, 7) is 33.0. The summed E-state index contributed by atoms with van der Waals surface area (Å²) >= 11 is 0. The summed E-state index contributed by atoms with van der Waals surface area (Å²) in [5, 5.41) is 41.8. The number of anilines is 12. The summed E-state index contributed by atoms with van der Waals surface area (Å²) in [7, 11) is 2.09. The van der Waals surface area contributed by atoms with Gasteiger partial charge in [-0.1, -0.05) is 55.5 Å². The number of benzene rings is 8. The van der Waals surface area contributed by atoms with Crippen LogP contribution < -0.4 is 46.2 Å². The van der Waals surface area contributed by atoms with E-state index in [4.69, 9.17) is 24.7 Å². The normalized spacial score (nSPS) is 15.0. The maximum Gasteiger partial charge on any atom is 0.227 e. The van der Waals surface area contributed by atoms with Gasteiger partial charge >= 0.3 is 0 Å². The molecule has 0 spiro atoms. The Morgan fingerprint density at radius 1 is 0.333 bits per heavy atom. The molecular weight excluding hydrogens is 1560 g/mol. The van der Waals surface area contributed by atoms with Crippen molar-refractivity contribution in [3.8, 4) is 0 Å². The summed E-state index contributed by atoms with van der Waals surface area (Å²) < 4.78 is 72.5. The first-order valence-corrected chi connectivity index (χ1v) is 42.2. The molecule has 20 rings (SSSR count). The molecule has 0 bridgehead atoms. The second kappa shape index (κ2) is 35.9. The van der Waals surface area contributed by atoms with Crippen molar-refractivity contribution in [2.45, 2.75) is 86.5 Å². The second-order valence-electron chi connectivity index (χ2n) is 32.5. The molecule has 0 amide bonds. The third-order valence-electron chi connectivity index (χ3n) is 22.8. The van der Waals surface area contributed by atoms with Crippen LogP contribution in [0.25, 0.3) is 87.2 Å². The van der Waals surface area contributed by atoms with Gasteiger partial charge in [-0.15, -0.1) is 0 Å². The van der Waals surface area contributed by atoms with E-state index in [1.807, 2.05) is 139 Å². The molecule has 8 aromatic carbocycles. The molecule has 123 heavy (non-hydrogen) atoms. The van der Waals surface area contributed by atoms with E-state index in [0.717, 1.165) is 172 Å². The number of fused-ring (bicyclic) bond motifs is 12. The van der Waals surface area contributed by atoms with Gasteiger partial charge in [0.25, 0.3) is 0 Å². The molecule has 634 valence electrons. The summed E-state index contributed by atoms with van der Waals surface area (Å²) in [5.41, 5.74) is 12.2. The van der Waals surface area contributed by atoms with Crippen LogP contribution in [0.4, 0.5) is 86.9 Å². The maximum atomic E-state index is 14.9. The van der Waals surface area contributed by atoms with E-state index in [9.17, 15) is 17.6 Å². The molecule has 8 aromatic heterocycles. The van der Waals surface area contributed by atoms with E-state index in [2.05, 4.69) is 161 Å². The Morgan fingerprint density at radius 3 is 0.878 bits per heavy atom. The van der Waals surface area contributed by atoms with E-state index < -0.39 is 0 Å². The fourth-order valence-electron chi connectivity index (χ4n) is 16.3. The predicted molar refractivity (Wildman–Crippen MR) is 484 cm³/mol. The van der Waals surface area contributed by atoms with E-state index in [0.29, 0.717) is 95.6 Å². The fourth-order valence-corrected chi connectivity index (χ4v) is 16.3. The van der Waals surface area contributed by atoms with Crippen LogP contribution in [-0.2, 0) is 4.74 Å². The summed E-state index contributed by atoms with van der Waals surface area (Å²) in [4.78, 5) is 49.5. The second-order valence-corrected chi connectivity index (χ2v) is 32.5. The molecule has 0 radical (unpaired) electrons. The first kappa shape index (κ1) is 82.3. The van der Waals surface area contributed by atoms with Gasteiger partial charge in [0.2, 0.25) is 23.8 Å². The lowest BCUT2D eigenvalue weighted by molar-refractivity contribution is 0.122. The zero-order valence-corrected chi connectivity index (χ0v) is 70.8. The number of aromatic nitrogens is 16. The van der Waals surface area contributed by atoms with E-state index >= 15 is 0 Å². The molecular formula is C91H101F4N27O. The van der Waals surface area contributed by atoms with Gasteiger partial charge in [-0.3, -0.25) is 18.7 Å². The monoisotopic (exact) mass is 1660 g/mol. The van der Waals surface area contributed by atoms with Crippen molar-refractivity contribution in [3.05, 3.63) is 194 Å². The Morgan fingerprint density at radius 2 is 0.602 bits per heavy atom. The average molecular weight is 1660 g/mol. The summed E-state index contributed by atoms with van der Waals surface area (Å²) in [6.07, 6.45) is 14.6. The molecule has 4 fully saturated rings. The number of hydrogen-bond donors (Lipinski definition) is 5. The van der Waals surface area contributed by atoms with Crippen LogP contribution in [0.3, 0.4) is 0 Å². The zero-order chi connectivity index (χ0) is 85.1. The van der Waals surface area contributed by atoms with Crippen LogP contribution in [0, 0.1) is 23.3 Å². The number of nitrogens with zero attached hydrogens (tertiary/aromatic N) is 22. The van der Waals surface area contributed by atoms with Crippen molar-refractivity contribution in [3.63, 3.8) is 0 Å². The molecule has 0 unspecified atom stereocenters. The third kappa shape index (κ3) is 17.8. The Balaban J connectivity index is 0.000000116. The number of halogens is 4. The van der Waals surface area contributed by atoms with Gasteiger partial charge in [0, 0.05) is 206 Å². The smallest absolute Gasteiger partial charge is 0.227 e. The number of likely N-dealkylation sites (N-methyl/N-ethyl adjacent to an activating group) is 2. The fraction of sp³-hybridized carbons (Fsp3) is 0.341. The lowest BCUT2D eigenvalue weighted by atomic mass is 10.2. The topological polar surface area (TPSA) is 263 Å². The Labute approximate surface area is 709 Å². The van der Waals surface area contributed by atoms with Crippen LogP contribution in [0.15, 0.2) is 171 Å². The predicted octanol–water partition coefficient (Wildman–Crippen LogP) is 16.9. The van der Waals surface area contributed by atoms with Crippen molar-refractivity contribution in [1.29, 1.82) is 0 Å². The highest BCUT2D eigenvalue weighted by Crippen LogP contribution is 2.36. The highest BCUT2D eigenvalue weighted by Gasteiger charge is 2.25. The van der Waals surface area contributed by atoms with Gasteiger partial charge in [-0.25, -0.2) is 57.4 Å². The molecule has 5 N–H and O–H groups in total. The highest BCUT2D eigenvalue weighted by molar-refractivity contribution is 6.06. The Bertz CT molecular complexity index is 6290. The van der Waals surface area contributed by atoms with Crippen molar-refractivity contribution < 1.29 is 22.3 Å². The van der Waals surface area contributed by atoms with Gasteiger partial charge in [0.1, 0.15) is 45.3 Å². The molecule has 12 heterocycles. The van der Waals surface area contributed by atoms with Crippen LogP contribution in [0.5, 0.6) is 0 Å². The summed E-state index contributed by atoms with van der Waals surface area (Å²) in [6, 6.07) is 37.7. The van der Waals surface area contributed by atoms with Crippen molar-refractivity contribution in [1.82, 2.24) is 94.1 Å². The minimum absolute atomic E-state index is 0.210. The molecule has 4 saturated heterocycles. The van der Waals surface area contributed by atoms with Gasteiger partial charge in [-0.2, -0.15) is 20.4 Å². The average Bonchev–Trinajstić information content (AvgIpc) is 1.68. The minimum atomic E-state index is -0.275. The van der Waals surface area contributed by atoms with Gasteiger partial charge in [0.15, 0.2) is 0 Å². The number of rotatable bonds is 17. The van der Waals surface area contributed by atoms with Gasteiger partial charge in [0.05, 0.1) is 82.8 Å². The van der Waals surface area contributed by atoms with Gasteiger partial charge in [-0.05, 0) is 142 Å². The third-order valence-corrected chi connectivity index (χ3v) is 22.8. The van der Waals surface area contributed by atoms with E-state index in [1.165, 1.54) is 24.3 Å². The summed E-state index contributed by atoms with van der Waals surface area (Å²) in [5.74, 6) is 0.724. The number of hydrogen-bond acceptors (Lipinski definition) is 24. The maximum absolute atomic E-state index is 14.9. The Kier molecular flexibility index (Phi) is 24.0. The van der Waals surface area contributed by atoms with Crippen molar-refractivity contribution in [2.75, 3.05) is 159 Å². The lowest BCUT2D eigenvalue weighted by Crippen LogP contribution is -2.46. The van der Waals surface area contributed by atoms with Crippen LogP contribution in [0.1, 0.15) is 86.5 Å². The quantitative estimate of drug-likeness (QED) is 0.0531. The van der Waals surface area contributed by atoms with Crippen LogP contribution in [-0.4, -0.2) is 207 Å². The van der Waals surface area contributed by atoms with Crippen LogP contribution in [0.2, 0.25) is 0 Å². The van der Waals surface area contributed by atoms with E-state index in [1.54, 1.807) is 30.9 Å². The molecule has 32 heteroatoms. The zero-order valence-electron chi connectivity index (χ0n) is 70.8. The number of morpholine rings is 1. The molecule has 0 aliphatic carbocycles. The Hall–Kier alpha value is -13.0. The minimum Gasteiger partial charge on any atom is -0.378 e. The molecule has 4 aliphatic rings. The largest absolute Gasteiger partial charge is 0.378 e. The molecule has 28 nitrogen and oxygen atoms in total. The van der Waals surface area contributed by atoms with E-state index in [-0.39, 0.29) is 47.4 Å². The first-order chi connectivity index (χ1) is 59.7. The van der Waals surface area contributed by atoms with Gasteiger partial charge < -0.3 is 60.7 Å². The number of nitrogens with one attached hydrogen (secondary N) is 5. The van der Waals surface area contributed by atoms with Crippen molar-refractivity contribution >= 4 is 157 Å². The standard InChI is InChI=1S/C24H28FN7.C23H26FN7.C22H24FN7.C22H23FN6O/c1-4-30-9-11-31(12-10-30)21-8-7-19(13-20(21)25)28-24-26-14-17-5-6-18-15-27-32(16(2)3)23(18)22(17)29-24;1-15(2)31-22-17(14-26-31)5-4-16-13-25-23(28-21(16)22)27-18-6-7-20(19(24)12-18)30-10-8-29(3)9-11-30;1-14(2)30-21-16(13-26-30)4-3-15-12-25-22(28-20(15)21)27-17-5-6-19(18(23)11-17)29-9-7-24-8-10-29;1-14(2)29-21-16(13-25-29)4-3-15-12-24-22(27-20(15)21)26-17-5-6-19(18(23)11-17)28-7-9-30-10-8-28/h5-8,13-16H,4,9-12H2,1-3H3,(H,26,28,29);4-7,12-15H,8-11H2,1-3H3,(H,25,27,28);3-6,11-14,24H,7-10H2,1-2H3,(H,25,27,28);3-6,11-14H,7-10H2,1-2H3,(H,24,26,27). The molecule has 0 atom stereocenters. The molecule has 4 aliphatic heterocycles. The SMILES string of the molecule is CC(C)n1ncc2ccc3cnc(Nc4ccc(N5CCN(C)CC5)c(F)c4)nc3c21.CC(C)n1ncc2ccc3cnc(Nc4ccc(N5CCNCC5)c(F)c4)nc3c21.CC(C)n1ncc2ccc3cnc(Nc4ccc(N5CCOCC5)c(F)c4)nc3c21.CCN1CCN(c2ccc(Nc3ncc4ccc5cnn(C(C)C)c5c4n3)cc2F)CC1. The molecule has 16 aromatic rings. The number of piperazine rings is 3. The highest BCUT2D eigenvalue weighted by atomic mass is 19.1.